The number of fused-ring (bicyclic) bond motifs is 1. The average Bonchev–Trinajstić information content (AvgIpc) is 3.41. The number of carbonyl (C=O) groups excluding carboxylic acids is 3. The molecule has 1 atom stereocenters. The van der Waals surface area contributed by atoms with Crippen LogP contribution in [0.5, 0.6) is 0 Å². The van der Waals surface area contributed by atoms with E-state index in [0.717, 1.165) is 16.5 Å². The Balaban J connectivity index is 1.62. The molecule has 0 spiro atoms. The molecule has 150 valence electrons. The summed E-state index contributed by atoms with van der Waals surface area (Å²) in [6.45, 7) is 0. The fourth-order valence-electron chi connectivity index (χ4n) is 3.16. The van der Waals surface area contributed by atoms with Gasteiger partial charge in [0.25, 0.3) is 11.8 Å². The Morgan fingerprint density at radius 1 is 1.13 bits per heavy atom. The Morgan fingerprint density at radius 2 is 2.00 bits per heavy atom. The second-order valence-corrected chi connectivity index (χ2v) is 6.53. The maximum Gasteiger partial charge on any atom is 0.287 e. The van der Waals surface area contributed by atoms with E-state index in [4.69, 9.17) is 5.73 Å². The summed E-state index contributed by atoms with van der Waals surface area (Å²) >= 11 is 0. The number of nitrogens with two attached hydrogens (primary N) is 1. The number of H-pyrrole nitrogens is 1. The van der Waals surface area contributed by atoms with E-state index >= 15 is 0 Å². The fraction of sp³-hybridized carbons (Fsp3) is 0.100. The zero-order valence-corrected chi connectivity index (χ0v) is 15.6. The molecule has 0 saturated carbocycles. The van der Waals surface area contributed by atoms with Gasteiger partial charge in [-0.3, -0.25) is 23.9 Å². The van der Waals surface area contributed by atoms with Gasteiger partial charge >= 0.3 is 0 Å². The van der Waals surface area contributed by atoms with Crippen LogP contribution in [0.25, 0.3) is 16.7 Å². The van der Waals surface area contributed by atoms with Crippen molar-refractivity contribution in [3.63, 3.8) is 0 Å². The highest BCUT2D eigenvalue weighted by atomic mass is 16.2. The molecule has 10 heteroatoms. The number of primary amides is 1. The highest BCUT2D eigenvalue weighted by molar-refractivity contribution is 6.38. The molecule has 0 bridgehead atoms. The Hall–Kier alpha value is -4.34. The summed E-state index contributed by atoms with van der Waals surface area (Å²) in [7, 11) is 0. The number of aromatic amines is 1. The molecule has 4 N–H and O–H groups in total. The second-order valence-electron chi connectivity index (χ2n) is 6.53. The number of ketones is 1. The minimum absolute atomic E-state index is 0.0664. The zero-order chi connectivity index (χ0) is 21.1. The van der Waals surface area contributed by atoms with Crippen LogP contribution >= 0.6 is 0 Å². The first kappa shape index (κ1) is 19.0. The average molecular weight is 403 g/mol. The molecule has 0 aromatic carbocycles. The number of amides is 2. The summed E-state index contributed by atoms with van der Waals surface area (Å²) < 4.78 is 1.48. The number of hydrogen-bond acceptors (Lipinski definition) is 6. The number of Topliss-reactive ketones (excluding diaryl/α,β-unsaturated/α-hetero) is 1. The lowest BCUT2D eigenvalue weighted by molar-refractivity contribution is -0.137. The maximum absolute atomic E-state index is 12.9. The van der Waals surface area contributed by atoms with Crippen LogP contribution in [0.4, 0.5) is 0 Å². The van der Waals surface area contributed by atoms with Crippen LogP contribution in [0.2, 0.25) is 0 Å². The van der Waals surface area contributed by atoms with Crippen LogP contribution in [-0.2, 0) is 16.0 Å². The number of imidazole rings is 1. The molecule has 0 aliphatic carbocycles. The summed E-state index contributed by atoms with van der Waals surface area (Å²) in [5.41, 5.74) is 6.91. The Kier molecular flexibility index (Phi) is 5.04. The third-order valence-corrected chi connectivity index (χ3v) is 4.62. The number of pyridine rings is 2. The molecule has 0 aliphatic heterocycles. The van der Waals surface area contributed by atoms with Crippen molar-refractivity contribution in [3.05, 3.63) is 72.8 Å². The van der Waals surface area contributed by atoms with E-state index in [1.165, 1.54) is 17.1 Å². The van der Waals surface area contributed by atoms with E-state index in [9.17, 15) is 14.4 Å². The minimum atomic E-state index is -1.15. The van der Waals surface area contributed by atoms with E-state index in [1.54, 1.807) is 49.1 Å². The number of nitrogens with zero attached hydrogens (tertiary/aromatic N) is 4. The quantitative estimate of drug-likeness (QED) is 0.384. The van der Waals surface area contributed by atoms with Crippen molar-refractivity contribution < 1.29 is 14.4 Å². The highest BCUT2D eigenvalue weighted by Gasteiger charge is 2.28. The van der Waals surface area contributed by atoms with E-state index in [2.05, 4.69) is 25.3 Å². The molecule has 2 amide bonds. The summed E-state index contributed by atoms with van der Waals surface area (Å²) in [6.07, 6.45) is 9.43. The summed E-state index contributed by atoms with van der Waals surface area (Å²) in [4.78, 5) is 52.2. The van der Waals surface area contributed by atoms with Gasteiger partial charge in [-0.05, 0) is 23.8 Å². The van der Waals surface area contributed by atoms with Gasteiger partial charge in [-0.1, -0.05) is 6.07 Å². The van der Waals surface area contributed by atoms with Crippen molar-refractivity contribution >= 4 is 28.5 Å². The largest absolute Gasteiger partial charge is 0.363 e. The maximum atomic E-state index is 12.9. The van der Waals surface area contributed by atoms with Gasteiger partial charge in [-0.15, -0.1) is 0 Å². The Bertz CT molecular complexity index is 1230. The normalized spacial score (nSPS) is 11.9. The molecule has 10 nitrogen and oxygen atoms in total. The topological polar surface area (TPSA) is 149 Å². The highest BCUT2D eigenvalue weighted by Crippen LogP contribution is 2.18. The second kappa shape index (κ2) is 7.95. The van der Waals surface area contributed by atoms with Gasteiger partial charge < -0.3 is 16.0 Å². The number of hydrogen-bond donors (Lipinski definition) is 3. The lowest BCUT2D eigenvalue weighted by Gasteiger charge is -2.16. The first-order valence-corrected chi connectivity index (χ1v) is 9.03. The third-order valence-electron chi connectivity index (χ3n) is 4.62. The first-order chi connectivity index (χ1) is 14.5. The molecule has 30 heavy (non-hydrogen) atoms. The molecule has 4 aromatic rings. The molecule has 0 saturated heterocycles. The molecule has 0 aliphatic rings. The predicted octanol–water partition coefficient (Wildman–Crippen LogP) is 0.539. The number of carbonyl (C=O) groups is 3. The number of rotatable bonds is 7. The third kappa shape index (κ3) is 3.65. The van der Waals surface area contributed by atoms with Crippen molar-refractivity contribution in [2.24, 2.45) is 5.73 Å². The predicted molar refractivity (Wildman–Crippen MR) is 107 cm³/mol. The minimum Gasteiger partial charge on any atom is -0.363 e. The van der Waals surface area contributed by atoms with Crippen molar-refractivity contribution in [1.82, 2.24) is 29.8 Å². The van der Waals surface area contributed by atoms with Crippen molar-refractivity contribution in [2.75, 3.05) is 0 Å². The van der Waals surface area contributed by atoms with Crippen LogP contribution in [0.1, 0.15) is 16.1 Å². The van der Waals surface area contributed by atoms with Crippen LogP contribution < -0.4 is 11.1 Å². The van der Waals surface area contributed by atoms with Gasteiger partial charge in [-0.25, -0.2) is 9.97 Å². The van der Waals surface area contributed by atoms with Gasteiger partial charge in [-0.2, -0.15) is 0 Å². The van der Waals surface area contributed by atoms with E-state index in [-0.39, 0.29) is 12.1 Å². The summed E-state index contributed by atoms with van der Waals surface area (Å²) in [5.74, 6) is -2.13. The monoisotopic (exact) mass is 403 g/mol. The molecule has 4 aromatic heterocycles. The molecule has 4 heterocycles. The molecule has 0 fully saturated rings. The van der Waals surface area contributed by atoms with Gasteiger partial charge in [0.05, 0.1) is 6.20 Å². The summed E-state index contributed by atoms with van der Waals surface area (Å²) in [6, 6.07) is 5.87. The van der Waals surface area contributed by atoms with Crippen molar-refractivity contribution in [3.8, 4) is 5.82 Å². The standard InChI is InChI=1S/C20H17N7O3/c21-19(29)18(28)15(7-12-8-25-14-4-6-22-9-13(12)14)26-20(30)16-10-23-11-27(16)17-3-1-2-5-24-17/h1-6,8-11,15,25H,7H2,(H2,21,29)(H,26,30). The lowest BCUT2D eigenvalue weighted by Crippen LogP contribution is -2.47. The molecular formula is C20H17N7O3. The van der Waals surface area contributed by atoms with Crippen molar-refractivity contribution in [2.45, 2.75) is 12.5 Å². The van der Waals surface area contributed by atoms with Crippen molar-refractivity contribution in [1.29, 1.82) is 0 Å². The SMILES string of the molecule is NC(=O)C(=O)C(Cc1c[nH]c2ccncc12)NC(=O)c1cncn1-c1ccccn1. The van der Waals surface area contributed by atoms with Crippen LogP contribution in [-0.4, -0.2) is 48.1 Å². The molecule has 0 radical (unpaired) electrons. The van der Waals surface area contributed by atoms with E-state index in [0.29, 0.717) is 5.82 Å². The van der Waals surface area contributed by atoms with E-state index < -0.39 is 23.6 Å². The summed E-state index contributed by atoms with van der Waals surface area (Å²) in [5, 5.41) is 3.39. The smallest absolute Gasteiger partial charge is 0.287 e. The molecule has 4 rings (SSSR count). The zero-order valence-electron chi connectivity index (χ0n) is 15.6. The molecular weight excluding hydrogens is 386 g/mol. The fourth-order valence-corrected chi connectivity index (χ4v) is 3.16. The van der Waals surface area contributed by atoms with Gasteiger partial charge in [0.15, 0.2) is 0 Å². The molecule has 1 unspecified atom stereocenters. The van der Waals surface area contributed by atoms with Gasteiger partial charge in [0.1, 0.15) is 23.9 Å². The van der Waals surface area contributed by atoms with Crippen LogP contribution in [0, 0.1) is 0 Å². The van der Waals surface area contributed by atoms with Crippen LogP contribution in [0.15, 0.2) is 61.6 Å². The number of aromatic nitrogens is 5. The van der Waals surface area contributed by atoms with E-state index in [1.807, 2.05) is 0 Å². The Labute approximate surface area is 170 Å². The number of nitrogens with one attached hydrogen (secondary N) is 2. The lowest BCUT2D eigenvalue weighted by atomic mass is 10.0. The first-order valence-electron chi connectivity index (χ1n) is 9.03. The van der Waals surface area contributed by atoms with Crippen LogP contribution in [0.3, 0.4) is 0 Å². The van der Waals surface area contributed by atoms with Gasteiger partial charge in [0.2, 0.25) is 5.78 Å². The van der Waals surface area contributed by atoms with Gasteiger partial charge in [0, 0.05) is 42.1 Å². The Morgan fingerprint density at radius 3 is 2.77 bits per heavy atom.